The number of rotatable bonds is 6. The molecule has 0 saturated carbocycles. The van der Waals surface area contributed by atoms with E-state index >= 15 is 0 Å². The van der Waals surface area contributed by atoms with Crippen LogP contribution in [0.1, 0.15) is 39.5 Å². The van der Waals surface area contributed by atoms with E-state index in [1.807, 2.05) is 0 Å². The minimum atomic E-state index is 0.375. The third-order valence-electron chi connectivity index (χ3n) is 1.60. The molecule has 0 heterocycles. The number of unbranched alkanes of at least 4 members (excludes halogenated alkanes) is 3. The predicted octanol–water partition coefficient (Wildman–Crippen LogP) is 4.42. The molecular formula is C8H18IP. The molecule has 0 aliphatic heterocycles. The van der Waals surface area contributed by atoms with Crippen LogP contribution in [0.2, 0.25) is 0 Å². The summed E-state index contributed by atoms with van der Waals surface area (Å²) in [6.45, 7) is 4.57. The number of hydrogen-bond donors (Lipinski definition) is 0. The van der Waals surface area contributed by atoms with Crippen molar-refractivity contribution in [3.63, 3.8) is 0 Å². The zero-order valence-electron chi connectivity index (χ0n) is 7.07. The van der Waals surface area contributed by atoms with Crippen molar-refractivity contribution >= 4 is 27.6 Å². The monoisotopic (exact) mass is 272 g/mol. The lowest BCUT2D eigenvalue weighted by Gasteiger charge is -2.05. The molecule has 0 aliphatic rings. The molecule has 0 radical (unpaired) electrons. The van der Waals surface area contributed by atoms with E-state index in [4.69, 9.17) is 0 Å². The van der Waals surface area contributed by atoms with Gasteiger partial charge >= 0.3 is 0 Å². The summed E-state index contributed by atoms with van der Waals surface area (Å²) in [5, 5.41) is 0. The molecule has 0 N–H and O–H groups in total. The molecule has 1 atom stereocenters. The van der Waals surface area contributed by atoms with Gasteiger partial charge in [0.05, 0.1) is 0 Å². The molecule has 2 heteroatoms. The van der Waals surface area contributed by atoms with Gasteiger partial charge in [-0.3, -0.25) is 0 Å². The summed E-state index contributed by atoms with van der Waals surface area (Å²) < 4.78 is 0. The van der Waals surface area contributed by atoms with Crippen LogP contribution in [0.5, 0.6) is 0 Å². The summed E-state index contributed by atoms with van der Waals surface area (Å²) in [5.41, 5.74) is 0.375. The lowest BCUT2D eigenvalue weighted by molar-refractivity contribution is 0.705. The lowest BCUT2D eigenvalue weighted by atomic mass is 10.2. The predicted molar refractivity (Wildman–Crippen MR) is 60.5 cm³/mol. The SMILES string of the molecule is CCCCCCP(I)CC. The maximum absolute atomic E-state index is 2.62. The molecule has 0 bridgehead atoms. The van der Waals surface area contributed by atoms with Crippen LogP contribution in [0.4, 0.5) is 0 Å². The van der Waals surface area contributed by atoms with Gasteiger partial charge in [-0.1, -0.05) is 55.2 Å². The molecule has 62 valence electrons. The molecule has 0 aromatic heterocycles. The van der Waals surface area contributed by atoms with E-state index in [0.29, 0.717) is 5.56 Å². The molecule has 0 fully saturated rings. The van der Waals surface area contributed by atoms with Crippen molar-refractivity contribution in [2.45, 2.75) is 39.5 Å². The molecule has 1 unspecified atom stereocenters. The highest BCUT2D eigenvalue weighted by Gasteiger charge is 1.97. The van der Waals surface area contributed by atoms with Crippen LogP contribution >= 0.6 is 27.6 Å². The average molecular weight is 272 g/mol. The van der Waals surface area contributed by atoms with Crippen molar-refractivity contribution in [2.75, 3.05) is 12.3 Å². The van der Waals surface area contributed by atoms with E-state index in [-0.39, 0.29) is 0 Å². The first-order chi connectivity index (χ1) is 4.81. The highest BCUT2D eigenvalue weighted by Crippen LogP contribution is 2.44. The van der Waals surface area contributed by atoms with Crippen LogP contribution in [0.15, 0.2) is 0 Å². The molecule has 0 rings (SSSR count). The van der Waals surface area contributed by atoms with Gasteiger partial charge in [0.2, 0.25) is 0 Å². The van der Waals surface area contributed by atoms with Gasteiger partial charge in [0.15, 0.2) is 0 Å². The summed E-state index contributed by atoms with van der Waals surface area (Å²) in [6.07, 6.45) is 8.62. The van der Waals surface area contributed by atoms with Crippen LogP contribution in [0.25, 0.3) is 0 Å². The molecule has 0 aromatic carbocycles. The van der Waals surface area contributed by atoms with Crippen LogP contribution in [-0.4, -0.2) is 12.3 Å². The Kier molecular flexibility index (Phi) is 9.22. The lowest BCUT2D eigenvalue weighted by Crippen LogP contribution is -1.82. The zero-order valence-corrected chi connectivity index (χ0v) is 10.1. The summed E-state index contributed by atoms with van der Waals surface area (Å²) in [6, 6.07) is 0. The Morgan fingerprint density at radius 3 is 2.30 bits per heavy atom. The maximum atomic E-state index is 2.62. The van der Waals surface area contributed by atoms with Crippen molar-refractivity contribution in [2.24, 2.45) is 0 Å². The van der Waals surface area contributed by atoms with Crippen LogP contribution < -0.4 is 0 Å². The first-order valence-electron chi connectivity index (χ1n) is 4.22. The van der Waals surface area contributed by atoms with E-state index in [1.165, 1.54) is 38.0 Å². The van der Waals surface area contributed by atoms with Crippen molar-refractivity contribution in [3.05, 3.63) is 0 Å². The zero-order chi connectivity index (χ0) is 7.82. The minimum absolute atomic E-state index is 0.375. The third kappa shape index (κ3) is 7.27. The Labute approximate surface area is 79.4 Å². The molecule has 0 aliphatic carbocycles. The standard InChI is InChI=1S/C8H18IP/c1-3-5-6-7-8-10(9)4-2/h3-8H2,1-2H3. The fraction of sp³-hybridized carbons (Fsp3) is 1.00. The Bertz CT molecular complexity index is 66.3. The molecular weight excluding hydrogens is 254 g/mol. The fourth-order valence-corrected chi connectivity index (χ4v) is 2.77. The van der Waals surface area contributed by atoms with Gasteiger partial charge in [-0.05, 0) is 24.3 Å². The molecule has 0 nitrogen and oxygen atoms in total. The highest BCUT2D eigenvalue weighted by molar-refractivity contribution is 14.2. The molecule has 0 saturated heterocycles. The maximum Gasteiger partial charge on any atom is -0.0235 e. The fourth-order valence-electron chi connectivity index (χ4n) is 0.868. The minimum Gasteiger partial charge on any atom is -0.0654 e. The topological polar surface area (TPSA) is 0 Å². The molecule has 0 amide bonds. The van der Waals surface area contributed by atoms with Crippen LogP contribution in [-0.2, 0) is 0 Å². The Morgan fingerprint density at radius 1 is 1.10 bits per heavy atom. The Morgan fingerprint density at radius 2 is 1.80 bits per heavy atom. The third-order valence-corrected chi connectivity index (χ3v) is 6.58. The molecule has 10 heavy (non-hydrogen) atoms. The quantitative estimate of drug-likeness (QED) is 0.381. The van der Waals surface area contributed by atoms with Gasteiger partial charge in [-0.2, -0.15) is 0 Å². The van der Waals surface area contributed by atoms with E-state index in [1.54, 1.807) is 0 Å². The molecule has 0 aromatic rings. The van der Waals surface area contributed by atoms with Gasteiger partial charge in [0, 0.05) is 0 Å². The van der Waals surface area contributed by atoms with Crippen LogP contribution in [0.3, 0.4) is 0 Å². The van der Waals surface area contributed by atoms with E-state index in [2.05, 4.69) is 35.9 Å². The average Bonchev–Trinajstić information content (AvgIpc) is 1.98. The summed E-state index contributed by atoms with van der Waals surface area (Å²) in [5.74, 6) is 0. The van der Waals surface area contributed by atoms with E-state index in [0.717, 1.165) is 0 Å². The van der Waals surface area contributed by atoms with Crippen molar-refractivity contribution in [3.8, 4) is 0 Å². The second-order valence-corrected chi connectivity index (χ2v) is 8.66. The Balaban J connectivity index is 2.89. The number of hydrogen-bond acceptors (Lipinski definition) is 0. The first-order valence-corrected chi connectivity index (χ1v) is 8.71. The normalized spacial score (nSPS) is 13.5. The largest absolute Gasteiger partial charge is 0.0654 e. The first kappa shape index (κ1) is 11.2. The summed E-state index contributed by atoms with van der Waals surface area (Å²) >= 11 is 2.62. The van der Waals surface area contributed by atoms with E-state index in [9.17, 15) is 0 Å². The van der Waals surface area contributed by atoms with Gasteiger partial charge in [0.25, 0.3) is 0 Å². The van der Waals surface area contributed by atoms with Gasteiger partial charge in [-0.25, -0.2) is 0 Å². The summed E-state index contributed by atoms with van der Waals surface area (Å²) in [7, 11) is 0. The van der Waals surface area contributed by atoms with Crippen molar-refractivity contribution < 1.29 is 0 Å². The second kappa shape index (κ2) is 8.26. The van der Waals surface area contributed by atoms with Gasteiger partial charge in [-0.15, -0.1) is 0 Å². The second-order valence-electron chi connectivity index (χ2n) is 2.56. The Hall–Kier alpha value is 1.16. The van der Waals surface area contributed by atoms with Gasteiger partial charge < -0.3 is 0 Å². The summed E-state index contributed by atoms with van der Waals surface area (Å²) in [4.78, 5) is 0. The smallest absolute Gasteiger partial charge is 0.0235 e. The molecule has 0 spiro atoms. The van der Waals surface area contributed by atoms with Crippen molar-refractivity contribution in [1.82, 2.24) is 0 Å². The van der Waals surface area contributed by atoms with Gasteiger partial charge in [0.1, 0.15) is 0 Å². The number of halogens is 1. The van der Waals surface area contributed by atoms with Crippen molar-refractivity contribution in [1.29, 1.82) is 0 Å². The van der Waals surface area contributed by atoms with E-state index < -0.39 is 0 Å². The van der Waals surface area contributed by atoms with Crippen LogP contribution in [0, 0.1) is 0 Å². The highest BCUT2D eigenvalue weighted by atomic mass is 127.